The molecule has 196 valence electrons. The molecule has 4 aromatic rings. The minimum Gasteiger partial charge on any atom is -0.494 e. The van der Waals surface area contributed by atoms with Crippen LogP contribution in [0, 0.1) is 0 Å². The van der Waals surface area contributed by atoms with Gasteiger partial charge in [-0.3, -0.25) is 15.0 Å². The van der Waals surface area contributed by atoms with Crippen LogP contribution in [0.3, 0.4) is 0 Å². The highest BCUT2D eigenvalue weighted by atomic mass is 35.5. The maximum atomic E-state index is 12.5. The van der Waals surface area contributed by atoms with Gasteiger partial charge in [-0.15, -0.1) is 24.8 Å². The van der Waals surface area contributed by atoms with Crippen LogP contribution in [0.15, 0.2) is 67.0 Å². The fourth-order valence-electron chi connectivity index (χ4n) is 3.80. The van der Waals surface area contributed by atoms with Crippen LogP contribution in [0.4, 0.5) is 5.69 Å². The first-order valence-corrected chi connectivity index (χ1v) is 11.1. The quantitative estimate of drug-likeness (QED) is 0.131. The number of pyridine rings is 2. The summed E-state index contributed by atoms with van der Waals surface area (Å²) in [5, 5.41) is 21.8. The zero-order chi connectivity index (χ0) is 24.6. The van der Waals surface area contributed by atoms with E-state index < -0.39 is 5.91 Å². The number of nitrogens with zero attached hydrogens (tertiary/aromatic N) is 2. The van der Waals surface area contributed by atoms with Crippen LogP contribution in [-0.2, 0) is 4.74 Å². The molecule has 2 heterocycles. The number of aliphatic hydroxyl groups excluding tert-OH is 1. The molecule has 0 radical (unpaired) electrons. The Kier molecular flexibility index (Phi) is 11.5. The number of fused-ring (bicyclic) bond motifs is 1. The van der Waals surface area contributed by atoms with Crippen molar-refractivity contribution in [3.05, 3.63) is 72.6 Å². The summed E-state index contributed by atoms with van der Waals surface area (Å²) in [6.45, 7) is 1.54. The molecular weight excluding hydrogens is 519 g/mol. The van der Waals surface area contributed by atoms with E-state index in [1.54, 1.807) is 17.7 Å². The van der Waals surface area contributed by atoms with Crippen molar-refractivity contribution in [3.63, 3.8) is 0 Å². The number of halogens is 2. The summed E-state index contributed by atoms with van der Waals surface area (Å²) >= 11 is 0. The van der Waals surface area contributed by atoms with Crippen molar-refractivity contribution in [2.75, 3.05) is 38.8 Å². The second-order valence-corrected chi connectivity index (χ2v) is 7.62. The summed E-state index contributed by atoms with van der Waals surface area (Å²) in [6, 6.07) is 17.5. The molecule has 4 rings (SSSR count). The Bertz CT molecular complexity index is 1310. The summed E-state index contributed by atoms with van der Waals surface area (Å²) in [7, 11) is 1.46. The Hall–Kier alpha value is -3.47. The standard InChI is InChI=1S/C26H26N4O5.2ClH/c1-34-25-23(26(32)30-33)21-16-27-11-10-22(21)29-24(25)19-4-2-17(3-5-19)18-6-8-20(9-7-18)28-12-14-35-15-13-31;;/h2-11,16,28,31,33H,12-15H2,1H3,(H,30,32);2*1H. The number of hydrogen-bond acceptors (Lipinski definition) is 8. The molecule has 0 fully saturated rings. The normalized spacial score (nSPS) is 10.2. The molecule has 2 aromatic carbocycles. The van der Waals surface area contributed by atoms with Crippen molar-refractivity contribution in [1.29, 1.82) is 0 Å². The average Bonchev–Trinajstić information content (AvgIpc) is 2.92. The van der Waals surface area contributed by atoms with Crippen molar-refractivity contribution < 1.29 is 24.6 Å². The van der Waals surface area contributed by atoms with Crippen LogP contribution in [0.25, 0.3) is 33.3 Å². The van der Waals surface area contributed by atoms with Gasteiger partial charge in [-0.2, -0.15) is 0 Å². The molecule has 0 saturated heterocycles. The van der Waals surface area contributed by atoms with Crippen LogP contribution in [-0.4, -0.2) is 59.7 Å². The summed E-state index contributed by atoms with van der Waals surface area (Å²) in [5.74, 6) is -0.447. The first-order valence-electron chi connectivity index (χ1n) is 11.1. The van der Waals surface area contributed by atoms with Gasteiger partial charge in [-0.05, 0) is 29.3 Å². The SMILES string of the molecule is COc1c(-c2ccc(-c3ccc(NCCOCCO)cc3)cc2)nc2ccncc2c1C(=O)NO.Cl.Cl. The maximum absolute atomic E-state index is 12.5. The van der Waals surface area contributed by atoms with Gasteiger partial charge in [0.25, 0.3) is 5.91 Å². The van der Waals surface area contributed by atoms with Crippen LogP contribution < -0.4 is 15.5 Å². The van der Waals surface area contributed by atoms with E-state index in [1.165, 1.54) is 13.3 Å². The monoisotopic (exact) mass is 546 g/mol. The highest BCUT2D eigenvalue weighted by Gasteiger charge is 2.22. The van der Waals surface area contributed by atoms with E-state index in [0.717, 1.165) is 22.4 Å². The summed E-state index contributed by atoms with van der Waals surface area (Å²) in [6.07, 6.45) is 3.11. The van der Waals surface area contributed by atoms with E-state index >= 15 is 0 Å². The number of rotatable bonds is 10. The van der Waals surface area contributed by atoms with Gasteiger partial charge >= 0.3 is 0 Å². The molecule has 0 aliphatic rings. The number of carbonyl (C=O) groups excluding carboxylic acids is 1. The summed E-state index contributed by atoms with van der Waals surface area (Å²) in [5.41, 5.74) is 6.70. The van der Waals surface area contributed by atoms with Crippen LogP contribution in [0.2, 0.25) is 0 Å². The third-order valence-electron chi connectivity index (χ3n) is 5.46. The second kappa shape index (κ2) is 14.3. The number of benzene rings is 2. The molecule has 9 nitrogen and oxygen atoms in total. The lowest BCUT2D eigenvalue weighted by atomic mass is 9.99. The van der Waals surface area contributed by atoms with Gasteiger partial charge in [0.15, 0.2) is 5.75 Å². The van der Waals surface area contributed by atoms with Gasteiger partial charge in [0.05, 0.1) is 38.0 Å². The van der Waals surface area contributed by atoms with Gasteiger partial charge in [-0.25, -0.2) is 10.5 Å². The Labute approximate surface area is 226 Å². The zero-order valence-corrected chi connectivity index (χ0v) is 21.6. The molecule has 11 heteroatoms. The molecule has 37 heavy (non-hydrogen) atoms. The van der Waals surface area contributed by atoms with Crippen molar-refractivity contribution in [1.82, 2.24) is 15.4 Å². The van der Waals surface area contributed by atoms with Gasteiger partial charge in [0, 0.05) is 35.6 Å². The molecule has 0 bridgehead atoms. The number of hydroxylamine groups is 1. The third kappa shape index (κ3) is 6.85. The highest BCUT2D eigenvalue weighted by Crippen LogP contribution is 2.36. The van der Waals surface area contributed by atoms with Gasteiger partial charge in [-0.1, -0.05) is 36.4 Å². The molecule has 1 amide bonds. The average molecular weight is 547 g/mol. The Morgan fingerprint density at radius 3 is 2.22 bits per heavy atom. The number of ether oxygens (including phenoxy) is 2. The van der Waals surface area contributed by atoms with E-state index in [0.29, 0.717) is 36.4 Å². The lowest BCUT2D eigenvalue weighted by Gasteiger charge is -2.15. The number of carbonyl (C=O) groups is 1. The minimum atomic E-state index is -0.700. The molecule has 0 aliphatic carbocycles. The third-order valence-corrected chi connectivity index (χ3v) is 5.46. The summed E-state index contributed by atoms with van der Waals surface area (Å²) < 4.78 is 10.8. The number of aliphatic hydroxyl groups is 1. The lowest BCUT2D eigenvalue weighted by molar-refractivity contribution is 0.0705. The molecule has 0 atom stereocenters. The number of anilines is 1. The highest BCUT2D eigenvalue weighted by molar-refractivity contribution is 6.09. The predicted molar refractivity (Wildman–Crippen MR) is 147 cm³/mol. The number of hydrogen-bond donors (Lipinski definition) is 4. The van der Waals surface area contributed by atoms with Crippen LogP contribution in [0.5, 0.6) is 5.75 Å². The zero-order valence-electron chi connectivity index (χ0n) is 20.0. The fourth-order valence-corrected chi connectivity index (χ4v) is 3.80. The van der Waals surface area contributed by atoms with Gasteiger partial charge < -0.3 is 19.9 Å². The number of methoxy groups -OCH3 is 1. The van der Waals surface area contributed by atoms with Crippen LogP contribution in [0.1, 0.15) is 10.4 Å². The van der Waals surface area contributed by atoms with Gasteiger partial charge in [0.1, 0.15) is 5.69 Å². The van der Waals surface area contributed by atoms with Crippen molar-refractivity contribution in [3.8, 4) is 28.1 Å². The molecular formula is C26H28Cl2N4O5. The Balaban J connectivity index is 0.00000241. The molecule has 0 saturated carbocycles. The Morgan fingerprint density at radius 2 is 1.59 bits per heavy atom. The smallest absolute Gasteiger partial charge is 0.279 e. The number of aromatic nitrogens is 2. The molecule has 0 unspecified atom stereocenters. The molecule has 0 aliphatic heterocycles. The molecule has 4 N–H and O–H groups in total. The minimum absolute atomic E-state index is 0. The molecule has 0 spiro atoms. The first-order chi connectivity index (χ1) is 17.2. The van der Waals surface area contributed by atoms with E-state index in [2.05, 4.69) is 10.3 Å². The van der Waals surface area contributed by atoms with E-state index in [1.807, 2.05) is 48.5 Å². The van der Waals surface area contributed by atoms with Crippen LogP contribution >= 0.6 is 24.8 Å². The topological polar surface area (TPSA) is 126 Å². The number of nitrogens with one attached hydrogen (secondary N) is 2. The maximum Gasteiger partial charge on any atom is 0.279 e. The van der Waals surface area contributed by atoms with Crippen molar-refractivity contribution >= 4 is 47.3 Å². The first kappa shape index (κ1) is 29.8. The van der Waals surface area contributed by atoms with E-state index in [9.17, 15) is 10.0 Å². The lowest BCUT2D eigenvalue weighted by Crippen LogP contribution is -2.20. The van der Waals surface area contributed by atoms with Crippen molar-refractivity contribution in [2.24, 2.45) is 0 Å². The number of amides is 1. The summed E-state index contributed by atoms with van der Waals surface area (Å²) in [4.78, 5) is 21.2. The fraction of sp³-hybridized carbons (Fsp3) is 0.192. The largest absolute Gasteiger partial charge is 0.494 e. The second-order valence-electron chi connectivity index (χ2n) is 7.62. The van der Waals surface area contributed by atoms with Gasteiger partial charge in [0.2, 0.25) is 0 Å². The predicted octanol–water partition coefficient (Wildman–Crippen LogP) is 4.36. The Morgan fingerprint density at radius 1 is 0.946 bits per heavy atom. The molecule has 2 aromatic heterocycles. The van der Waals surface area contributed by atoms with E-state index in [-0.39, 0.29) is 42.7 Å². The van der Waals surface area contributed by atoms with E-state index in [4.69, 9.17) is 19.6 Å². The van der Waals surface area contributed by atoms with Crippen molar-refractivity contribution in [2.45, 2.75) is 0 Å².